The highest BCUT2D eigenvalue weighted by molar-refractivity contribution is 5.49. The number of hydrogen-bond acceptors (Lipinski definition) is 2. The maximum absolute atomic E-state index is 12.9. The smallest absolute Gasteiger partial charge is 0.369 e. The van der Waals surface area contributed by atoms with Crippen LogP contribution in [0.25, 0.3) is 0 Å². The van der Waals surface area contributed by atoms with Gasteiger partial charge in [0.1, 0.15) is 0 Å². The Hall–Kier alpha value is -2.01. The van der Waals surface area contributed by atoms with E-state index in [9.17, 15) is 13.2 Å². The zero-order valence-corrected chi connectivity index (χ0v) is 14.6. The van der Waals surface area contributed by atoms with Gasteiger partial charge in [-0.2, -0.15) is 13.2 Å². The van der Waals surface area contributed by atoms with Crippen molar-refractivity contribution in [3.63, 3.8) is 0 Å². The van der Waals surface area contributed by atoms with Crippen molar-refractivity contribution in [2.75, 3.05) is 31.1 Å². The summed E-state index contributed by atoms with van der Waals surface area (Å²) >= 11 is 0. The molecule has 0 atom stereocenters. The molecule has 134 valence electrons. The van der Waals surface area contributed by atoms with Crippen LogP contribution in [0, 0.1) is 13.8 Å². The van der Waals surface area contributed by atoms with E-state index in [1.54, 1.807) is 6.07 Å². The van der Waals surface area contributed by atoms with Gasteiger partial charge in [0.15, 0.2) is 0 Å². The van der Waals surface area contributed by atoms with Crippen LogP contribution < -0.4 is 4.90 Å². The van der Waals surface area contributed by atoms with Crippen LogP contribution in [0.15, 0.2) is 42.5 Å². The Bertz CT molecular complexity index is 732. The second-order valence-electron chi connectivity index (χ2n) is 6.74. The first-order valence-corrected chi connectivity index (χ1v) is 8.53. The van der Waals surface area contributed by atoms with Gasteiger partial charge in [-0.15, -0.1) is 0 Å². The van der Waals surface area contributed by atoms with Gasteiger partial charge in [0, 0.05) is 38.4 Å². The third-order valence-electron chi connectivity index (χ3n) is 4.80. The third-order valence-corrected chi connectivity index (χ3v) is 4.80. The molecule has 0 aromatic heterocycles. The molecule has 0 saturated carbocycles. The van der Waals surface area contributed by atoms with E-state index < -0.39 is 11.7 Å². The number of hydrogen-bond donors (Lipinski definition) is 0. The van der Waals surface area contributed by atoms with Gasteiger partial charge in [-0.3, -0.25) is 4.90 Å². The van der Waals surface area contributed by atoms with Crippen molar-refractivity contribution in [2.24, 2.45) is 0 Å². The lowest BCUT2D eigenvalue weighted by Gasteiger charge is -2.36. The highest BCUT2D eigenvalue weighted by Gasteiger charge is 2.31. The maximum atomic E-state index is 12.9. The summed E-state index contributed by atoms with van der Waals surface area (Å²) in [5, 5.41) is 0. The molecule has 1 aliphatic heterocycles. The van der Waals surface area contributed by atoms with Crippen LogP contribution in [0.5, 0.6) is 0 Å². The molecule has 1 heterocycles. The van der Waals surface area contributed by atoms with Crippen molar-refractivity contribution < 1.29 is 13.2 Å². The molecular formula is C20H23F3N2. The Morgan fingerprint density at radius 1 is 0.920 bits per heavy atom. The number of halogens is 3. The van der Waals surface area contributed by atoms with Crippen LogP contribution in [-0.2, 0) is 12.7 Å². The normalized spacial score (nSPS) is 16.3. The molecule has 0 N–H and O–H groups in total. The van der Waals surface area contributed by atoms with Crippen molar-refractivity contribution >= 4 is 5.69 Å². The molecule has 0 amide bonds. The fraction of sp³-hybridized carbons (Fsp3) is 0.400. The predicted octanol–water partition coefficient (Wildman–Crippen LogP) is 4.64. The monoisotopic (exact) mass is 348 g/mol. The second kappa shape index (κ2) is 7.08. The molecule has 1 fully saturated rings. The summed E-state index contributed by atoms with van der Waals surface area (Å²) in [6, 6.07) is 12.1. The van der Waals surface area contributed by atoms with E-state index in [1.807, 2.05) is 4.90 Å². The Kier molecular flexibility index (Phi) is 5.04. The number of anilines is 1. The van der Waals surface area contributed by atoms with Crippen molar-refractivity contribution in [1.82, 2.24) is 4.90 Å². The number of benzene rings is 2. The molecule has 0 spiro atoms. The fourth-order valence-corrected chi connectivity index (χ4v) is 3.31. The molecule has 2 aromatic rings. The van der Waals surface area contributed by atoms with Crippen molar-refractivity contribution in [2.45, 2.75) is 26.6 Å². The highest BCUT2D eigenvalue weighted by Crippen LogP contribution is 2.32. The maximum Gasteiger partial charge on any atom is 0.416 e. The number of nitrogens with zero attached hydrogens (tertiary/aromatic N) is 2. The van der Waals surface area contributed by atoms with Crippen LogP contribution >= 0.6 is 0 Å². The van der Waals surface area contributed by atoms with Crippen LogP contribution in [0.3, 0.4) is 0 Å². The van der Waals surface area contributed by atoms with Crippen LogP contribution in [0.4, 0.5) is 18.9 Å². The number of alkyl halides is 3. The van der Waals surface area contributed by atoms with E-state index in [0.29, 0.717) is 5.69 Å². The van der Waals surface area contributed by atoms with Gasteiger partial charge in [0.2, 0.25) is 0 Å². The van der Waals surface area contributed by atoms with Gasteiger partial charge in [0.25, 0.3) is 0 Å². The number of rotatable bonds is 3. The van der Waals surface area contributed by atoms with E-state index in [1.165, 1.54) is 28.8 Å². The van der Waals surface area contributed by atoms with Gasteiger partial charge in [-0.25, -0.2) is 0 Å². The Morgan fingerprint density at radius 3 is 2.28 bits per heavy atom. The summed E-state index contributed by atoms with van der Waals surface area (Å²) in [6.07, 6.45) is -4.29. The minimum atomic E-state index is -4.29. The number of piperazine rings is 1. The zero-order chi connectivity index (χ0) is 18.0. The van der Waals surface area contributed by atoms with Crippen molar-refractivity contribution in [3.05, 3.63) is 64.7 Å². The predicted molar refractivity (Wildman–Crippen MR) is 94.9 cm³/mol. The van der Waals surface area contributed by atoms with Gasteiger partial charge in [-0.05, 0) is 43.2 Å². The molecule has 0 unspecified atom stereocenters. The third kappa shape index (κ3) is 4.34. The standard InChI is InChI=1S/C20H23F3N2/c1-15-6-7-17(16(2)12-15)14-24-8-10-25(11-9-24)19-5-3-4-18(13-19)20(21,22)23/h3-7,12-13H,8-11,14H2,1-2H3. The van der Waals surface area contributed by atoms with Gasteiger partial charge < -0.3 is 4.90 Å². The molecule has 0 radical (unpaired) electrons. The van der Waals surface area contributed by atoms with Gasteiger partial charge >= 0.3 is 6.18 Å². The SMILES string of the molecule is Cc1ccc(CN2CCN(c3cccc(C(F)(F)F)c3)CC2)c(C)c1. The molecule has 3 rings (SSSR count). The van der Waals surface area contributed by atoms with E-state index in [-0.39, 0.29) is 0 Å². The minimum absolute atomic E-state index is 0.581. The van der Waals surface area contributed by atoms with E-state index >= 15 is 0 Å². The summed E-state index contributed by atoms with van der Waals surface area (Å²) in [5.41, 5.74) is 3.94. The molecule has 1 aliphatic rings. The lowest BCUT2D eigenvalue weighted by molar-refractivity contribution is -0.137. The molecule has 2 aromatic carbocycles. The Labute approximate surface area is 146 Å². The van der Waals surface area contributed by atoms with E-state index in [0.717, 1.165) is 38.8 Å². The molecule has 2 nitrogen and oxygen atoms in total. The minimum Gasteiger partial charge on any atom is -0.369 e. The van der Waals surface area contributed by atoms with Crippen LogP contribution in [0.2, 0.25) is 0 Å². The molecule has 0 bridgehead atoms. The Balaban J connectivity index is 1.62. The topological polar surface area (TPSA) is 6.48 Å². The first-order chi connectivity index (χ1) is 11.8. The first-order valence-electron chi connectivity index (χ1n) is 8.53. The second-order valence-corrected chi connectivity index (χ2v) is 6.74. The zero-order valence-electron chi connectivity index (χ0n) is 14.6. The summed E-state index contributed by atoms with van der Waals surface area (Å²) in [6.45, 7) is 8.29. The quantitative estimate of drug-likeness (QED) is 0.797. The van der Waals surface area contributed by atoms with Crippen molar-refractivity contribution in [1.29, 1.82) is 0 Å². The number of aryl methyl sites for hydroxylation is 2. The lowest BCUT2D eigenvalue weighted by atomic mass is 10.0. The van der Waals surface area contributed by atoms with E-state index in [4.69, 9.17) is 0 Å². The highest BCUT2D eigenvalue weighted by atomic mass is 19.4. The Morgan fingerprint density at radius 2 is 1.64 bits per heavy atom. The summed E-state index contributed by atoms with van der Waals surface area (Å²) < 4.78 is 38.6. The average Bonchev–Trinajstić information content (AvgIpc) is 2.57. The molecule has 5 heteroatoms. The fourth-order valence-electron chi connectivity index (χ4n) is 3.31. The van der Waals surface area contributed by atoms with Crippen molar-refractivity contribution in [3.8, 4) is 0 Å². The largest absolute Gasteiger partial charge is 0.416 e. The molecule has 25 heavy (non-hydrogen) atoms. The molecular weight excluding hydrogens is 325 g/mol. The first kappa shape index (κ1) is 17.8. The van der Waals surface area contributed by atoms with Crippen LogP contribution in [0.1, 0.15) is 22.3 Å². The molecule has 0 aliphatic carbocycles. The van der Waals surface area contributed by atoms with Gasteiger partial charge in [0.05, 0.1) is 5.56 Å². The summed E-state index contributed by atoms with van der Waals surface area (Å²) in [4.78, 5) is 4.40. The molecule has 1 saturated heterocycles. The van der Waals surface area contributed by atoms with Gasteiger partial charge in [-0.1, -0.05) is 29.8 Å². The summed E-state index contributed by atoms with van der Waals surface area (Å²) in [7, 11) is 0. The summed E-state index contributed by atoms with van der Waals surface area (Å²) in [5.74, 6) is 0. The average molecular weight is 348 g/mol. The lowest BCUT2D eigenvalue weighted by Crippen LogP contribution is -2.46. The van der Waals surface area contributed by atoms with E-state index in [2.05, 4.69) is 36.9 Å². The van der Waals surface area contributed by atoms with Crippen LogP contribution in [-0.4, -0.2) is 31.1 Å².